The molecule has 0 spiro atoms. The van der Waals surface area contributed by atoms with Gasteiger partial charge in [0.2, 0.25) is 0 Å². The van der Waals surface area contributed by atoms with Crippen LogP contribution in [0.2, 0.25) is 0 Å². The van der Waals surface area contributed by atoms with Gasteiger partial charge in [-0.05, 0) is 31.5 Å². The summed E-state index contributed by atoms with van der Waals surface area (Å²) in [5, 5.41) is 11.4. The third-order valence-electron chi connectivity index (χ3n) is 2.50. The SMILES string of the molecule is CC(C)(CC(=O)O)NC(=O)c1ccc(CN)cc1. The van der Waals surface area contributed by atoms with E-state index in [0.717, 1.165) is 5.56 Å². The highest BCUT2D eigenvalue weighted by molar-refractivity contribution is 5.94. The fraction of sp³-hybridized carbons (Fsp3) is 0.385. The Bertz CT molecular complexity index is 438. The van der Waals surface area contributed by atoms with E-state index < -0.39 is 11.5 Å². The van der Waals surface area contributed by atoms with E-state index in [2.05, 4.69) is 5.32 Å². The minimum atomic E-state index is -0.946. The molecule has 1 aromatic rings. The van der Waals surface area contributed by atoms with Crippen LogP contribution in [-0.4, -0.2) is 22.5 Å². The molecule has 1 aromatic carbocycles. The standard InChI is InChI=1S/C13H18N2O3/c1-13(2,7-11(16)17)15-12(18)10-5-3-9(8-14)4-6-10/h3-6H,7-8,14H2,1-2H3,(H,15,18)(H,16,17). The Labute approximate surface area is 106 Å². The molecule has 5 heteroatoms. The zero-order chi connectivity index (χ0) is 13.8. The molecule has 0 unspecified atom stereocenters. The first-order valence-electron chi connectivity index (χ1n) is 5.67. The third-order valence-corrected chi connectivity index (χ3v) is 2.50. The number of hydrogen-bond donors (Lipinski definition) is 3. The number of aliphatic carboxylic acids is 1. The number of benzene rings is 1. The normalized spacial score (nSPS) is 11.1. The zero-order valence-electron chi connectivity index (χ0n) is 10.6. The Morgan fingerprint density at radius 2 is 1.83 bits per heavy atom. The topological polar surface area (TPSA) is 92.4 Å². The number of amides is 1. The molecule has 1 rings (SSSR count). The molecule has 0 aliphatic rings. The summed E-state index contributed by atoms with van der Waals surface area (Å²) >= 11 is 0. The molecule has 0 radical (unpaired) electrons. The van der Waals surface area contributed by atoms with Gasteiger partial charge in [-0.3, -0.25) is 9.59 Å². The van der Waals surface area contributed by atoms with Gasteiger partial charge in [0.1, 0.15) is 0 Å². The monoisotopic (exact) mass is 250 g/mol. The van der Waals surface area contributed by atoms with Crippen molar-refractivity contribution in [3.63, 3.8) is 0 Å². The van der Waals surface area contributed by atoms with Gasteiger partial charge >= 0.3 is 5.97 Å². The van der Waals surface area contributed by atoms with Crippen LogP contribution in [0, 0.1) is 0 Å². The quantitative estimate of drug-likeness (QED) is 0.730. The van der Waals surface area contributed by atoms with Crippen molar-refractivity contribution in [2.75, 3.05) is 0 Å². The number of nitrogens with two attached hydrogens (primary N) is 1. The summed E-state index contributed by atoms with van der Waals surface area (Å²) in [6.45, 7) is 3.77. The Kier molecular flexibility index (Phi) is 4.44. The van der Waals surface area contributed by atoms with Crippen molar-refractivity contribution in [2.24, 2.45) is 5.73 Å². The maximum absolute atomic E-state index is 11.9. The summed E-state index contributed by atoms with van der Waals surface area (Å²) in [6.07, 6.45) is -0.125. The van der Waals surface area contributed by atoms with Crippen molar-refractivity contribution >= 4 is 11.9 Å². The van der Waals surface area contributed by atoms with Crippen LogP contribution < -0.4 is 11.1 Å². The lowest BCUT2D eigenvalue weighted by atomic mass is 10.00. The molecule has 0 fully saturated rings. The van der Waals surface area contributed by atoms with Crippen molar-refractivity contribution in [3.05, 3.63) is 35.4 Å². The predicted molar refractivity (Wildman–Crippen MR) is 68.1 cm³/mol. The lowest BCUT2D eigenvalue weighted by Crippen LogP contribution is -2.44. The first-order chi connectivity index (χ1) is 8.34. The number of rotatable bonds is 5. The maximum Gasteiger partial charge on any atom is 0.305 e. The van der Waals surface area contributed by atoms with Gasteiger partial charge in [-0.25, -0.2) is 0 Å². The van der Waals surface area contributed by atoms with Gasteiger partial charge in [-0.2, -0.15) is 0 Å². The minimum absolute atomic E-state index is 0.125. The van der Waals surface area contributed by atoms with E-state index >= 15 is 0 Å². The van der Waals surface area contributed by atoms with Crippen molar-refractivity contribution in [3.8, 4) is 0 Å². The molecule has 5 nitrogen and oxygen atoms in total. The number of carbonyl (C=O) groups excluding carboxylic acids is 1. The molecular weight excluding hydrogens is 232 g/mol. The molecule has 0 bridgehead atoms. The fourth-order valence-electron chi connectivity index (χ4n) is 1.59. The minimum Gasteiger partial charge on any atom is -0.481 e. The number of carboxylic acid groups (broad SMARTS) is 1. The van der Waals surface area contributed by atoms with Gasteiger partial charge in [0, 0.05) is 17.6 Å². The Morgan fingerprint density at radius 3 is 2.28 bits per heavy atom. The van der Waals surface area contributed by atoms with Crippen LogP contribution in [0.5, 0.6) is 0 Å². The van der Waals surface area contributed by atoms with E-state index in [4.69, 9.17) is 10.8 Å². The second kappa shape index (κ2) is 5.64. The largest absolute Gasteiger partial charge is 0.481 e. The molecule has 4 N–H and O–H groups in total. The number of carbonyl (C=O) groups is 2. The Balaban J connectivity index is 2.72. The average Bonchev–Trinajstić information content (AvgIpc) is 2.26. The molecular formula is C13H18N2O3. The zero-order valence-corrected chi connectivity index (χ0v) is 10.6. The second-order valence-corrected chi connectivity index (χ2v) is 4.81. The lowest BCUT2D eigenvalue weighted by Gasteiger charge is -2.24. The van der Waals surface area contributed by atoms with Crippen molar-refractivity contribution < 1.29 is 14.7 Å². The van der Waals surface area contributed by atoms with Crippen LogP contribution in [0.15, 0.2) is 24.3 Å². The molecule has 0 aromatic heterocycles. The Hall–Kier alpha value is -1.88. The summed E-state index contributed by atoms with van der Waals surface area (Å²) in [7, 11) is 0. The van der Waals surface area contributed by atoms with Crippen LogP contribution in [0.4, 0.5) is 0 Å². The summed E-state index contributed by atoms with van der Waals surface area (Å²) in [4.78, 5) is 22.6. The molecule has 0 saturated carbocycles. The van der Waals surface area contributed by atoms with Gasteiger partial charge in [-0.1, -0.05) is 12.1 Å². The first kappa shape index (κ1) is 14.2. The van der Waals surface area contributed by atoms with Crippen LogP contribution in [0.3, 0.4) is 0 Å². The summed E-state index contributed by atoms with van der Waals surface area (Å²) in [6, 6.07) is 6.90. The van der Waals surface area contributed by atoms with E-state index in [1.165, 1.54) is 0 Å². The lowest BCUT2D eigenvalue weighted by molar-refractivity contribution is -0.138. The molecule has 0 atom stereocenters. The Morgan fingerprint density at radius 1 is 1.28 bits per heavy atom. The van der Waals surface area contributed by atoms with Gasteiger partial charge in [-0.15, -0.1) is 0 Å². The molecule has 1 amide bonds. The van der Waals surface area contributed by atoms with E-state index in [9.17, 15) is 9.59 Å². The molecule has 0 aliphatic heterocycles. The highest BCUT2D eigenvalue weighted by atomic mass is 16.4. The van der Waals surface area contributed by atoms with Crippen LogP contribution in [0.1, 0.15) is 36.2 Å². The molecule has 98 valence electrons. The second-order valence-electron chi connectivity index (χ2n) is 4.81. The first-order valence-corrected chi connectivity index (χ1v) is 5.67. The van der Waals surface area contributed by atoms with Crippen molar-refractivity contribution in [2.45, 2.75) is 32.4 Å². The van der Waals surface area contributed by atoms with Crippen molar-refractivity contribution in [1.29, 1.82) is 0 Å². The fourth-order valence-corrected chi connectivity index (χ4v) is 1.59. The number of carboxylic acids is 1. The van der Waals surface area contributed by atoms with Gasteiger partial charge in [0.15, 0.2) is 0 Å². The number of hydrogen-bond acceptors (Lipinski definition) is 3. The smallest absolute Gasteiger partial charge is 0.305 e. The van der Waals surface area contributed by atoms with Gasteiger partial charge in [0.25, 0.3) is 5.91 Å². The molecule has 18 heavy (non-hydrogen) atoms. The van der Waals surface area contributed by atoms with E-state index in [0.29, 0.717) is 12.1 Å². The molecule has 0 heterocycles. The van der Waals surface area contributed by atoms with Gasteiger partial charge < -0.3 is 16.2 Å². The van der Waals surface area contributed by atoms with Crippen LogP contribution in [0.25, 0.3) is 0 Å². The van der Waals surface area contributed by atoms with Crippen molar-refractivity contribution in [1.82, 2.24) is 5.32 Å². The van der Waals surface area contributed by atoms with Crippen LogP contribution in [-0.2, 0) is 11.3 Å². The average molecular weight is 250 g/mol. The molecule has 0 saturated heterocycles. The van der Waals surface area contributed by atoms with E-state index in [1.54, 1.807) is 38.1 Å². The van der Waals surface area contributed by atoms with E-state index in [-0.39, 0.29) is 12.3 Å². The summed E-state index contributed by atoms with van der Waals surface area (Å²) in [5.74, 6) is -1.23. The predicted octanol–water partition coefficient (Wildman–Crippen LogP) is 1.13. The third kappa shape index (κ3) is 4.18. The summed E-state index contributed by atoms with van der Waals surface area (Å²) in [5.41, 5.74) is 6.12. The summed E-state index contributed by atoms with van der Waals surface area (Å²) < 4.78 is 0. The van der Waals surface area contributed by atoms with Gasteiger partial charge in [0.05, 0.1) is 6.42 Å². The molecule has 0 aliphatic carbocycles. The van der Waals surface area contributed by atoms with E-state index in [1.807, 2.05) is 0 Å². The van der Waals surface area contributed by atoms with Crippen LogP contribution >= 0.6 is 0 Å². The maximum atomic E-state index is 11.9. The highest BCUT2D eigenvalue weighted by Crippen LogP contribution is 2.11. The highest BCUT2D eigenvalue weighted by Gasteiger charge is 2.24. The number of nitrogens with one attached hydrogen (secondary N) is 1.